The molecule has 7 heteroatoms. The lowest BCUT2D eigenvalue weighted by Gasteiger charge is -2.40. The van der Waals surface area contributed by atoms with Gasteiger partial charge in [0.15, 0.2) is 0 Å². The molecule has 2 rings (SSSR count). The first-order valence-corrected chi connectivity index (χ1v) is 10.6. The van der Waals surface area contributed by atoms with E-state index in [0.717, 1.165) is 24.0 Å². The van der Waals surface area contributed by atoms with Gasteiger partial charge >= 0.3 is 7.12 Å². The molecule has 31 heavy (non-hydrogen) atoms. The molecule has 1 unspecified atom stereocenters. The summed E-state index contributed by atoms with van der Waals surface area (Å²) >= 11 is 0. The van der Waals surface area contributed by atoms with Crippen molar-refractivity contribution in [2.45, 2.75) is 60.4 Å². The summed E-state index contributed by atoms with van der Waals surface area (Å²) < 4.78 is 0. The Bertz CT molecular complexity index is 900. The third-order valence-corrected chi connectivity index (χ3v) is 5.25. The van der Waals surface area contributed by atoms with Crippen LogP contribution in [0.25, 0.3) is 0 Å². The molecule has 0 saturated heterocycles. The van der Waals surface area contributed by atoms with E-state index in [1.54, 1.807) is 0 Å². The molecule has 0 aromatic heterocycles. The fourth-order valence-corrected chi connectivity index (χ4v) is 3.71. The highest BCUT2D eigenvalue weighted by molar-refractivity contribution is 6.58. The quantitative estimate of drug-likeness (QED) is 0.491. The molecule has 6 nitrogen and oxygen atoms in total. The number of carbonyl (C=O) groups is 2. The van der Waals surface area contributed by atoms with Gasteiger partial charge in [-0.15, -0.1) is 0 Å². The smallest absolute Gasteiger partial charge is 0.423 e. The molecule has 3 N–H and O–H groups in total. The van der Waals surface area contributed by atoms with Crippen molar-refractivity contribution >= 4 is 24.4 Å². The summed E-state index contributed by atoms with van der Waals surface area (Å²) in [6, 6.07) is 11.4. The Hall–Kier alpha value is -2.64. The molecule has 166 valence electrons. The largest absolute Gasteiger partial charge is 0.488 e. The van der Waals surface area contributed by atoms with Gasteiger partial charge in [-0.1, -0.05) is 63.4 Å². The van der Waals surface area contributed by atoms with Crippen LogP contribution < -0.4 is 10.9 Å². The van der Waals surface area contributed by atoms with Crippen molar-refractivity contribution in [1.29, 1.82) is 0 Å². The number of nitrogens with one attached hydrogen (secondary N) is 1. The van der Waals surface area contributed by atoms with Crippen molar-refractivity contribution in [2.75, 3.05) is 0 Å². The summed E-state index contributed by atoms with van der Waals surface area (Å²) in [6.07, 6.45) is 1.59. The van der Waals surface area contributed by atoms with Crippen molar-refractivity contribution < 1.29 is 19.6 Å². The summed E-state index contributed by atoms with van der Waals surface area (Å²) in [5, 5.41) is 20.0. The highest BCUT2D eigenvalue weighted by Gasteiger charge is 2.35. The van der Waals surface area contributed by atoms with Gasteiger partial charge < -0.3 is 10.0 Å². The first kappa shape index (κ1) is 24.6. The van der Waals surface area contributed by atoms with Crippen LogP contribution in [0.1, 0.15) is 72.4 Å². The Morgan fingerprint density at radius 3 is 2.00 bits per heavy atom. The number of nitrogens with zero attached hydrogens (tertiary/aromatic N) is 1. The number of amides is 2. The summed E-state index contributed by atoms with van der Waals surface area (Å²) in [4.78, 5) is 26.6. The minimum atomic E-state index is -1.60. The van der Waals surface area contributed by atoms with E-state index in [1.807, 2.05) is 32.0 Å². The van der Waals surface area contributed by atoms with Gasteiger partial charge in [0.1, 0.15) is 0 Å². The van der Waals surface area contributed by atoms with Crippen LogP contribution in [0.5, 0.6) is 0 Å². The van der Waals surface area contributed by atoms with E-state index in [0.29, 0.717) is 16.6 Å². The van der Waals surface area contributed by atoms with E-state index in [1.165, 1.54) is 29.3 Å². The van der Waals surface area contributed by atoms with E-state index in [9.17, 15) is 19.6 Å². The van der Waals surface area contributed by atoms with Gasteiger partial charge in [0.25, 0.3) is 11.8 Å². The Kier molecular flexibility index (Phi) is 8.04. The van der Waals surface area contributed by atoms with Gasteiger partial charge in [0, 0.05) is 11.1 Å². The number of hydrazine groups is 1. The molecule has 0 aliphatic rings. The predicted octanol–water partition coefficient (Wildman–Crippen LogP) is 2.99. The van der Waals surface area contributed by atoms with Crippen LogP contribution in [0, 0.1) is 19.3 Å². The Morgan fingerprint density at radius 1 is 1.00 bits per heavy atom. The zero-order valence-electron chi connectivity index (χ0n) is 19.3. The maximum atomic E-state index is 13.6. The van der Waals surface area contributed by atoms with Gasteiger partial charge in [-0.05, 0) is 55.4 Å². The molecule has 0 bridgehead atoms. The molecule has 1 atom stereocenters. The SMILES string of the molecule is CCCC(N(NC(=O)c1ccc(B(O)O)cc1)C(=O)c1cc(C)cc(C)c1)C(C)(C)C. The van der Waals surface area contributed by atoms with Crippen molar-refractivity contribution in [1.82, 2.24) is 10.4 Å². The molecule has 2 aromatic rings. The molecule has 0 radical (unpaired) electrons. The molecule has 0 heterocycles. The zero-order chi connectivity index (χ0) is 23.3. The van der Waals surface area contributed by atoms with Gasteiger partial charge in [0.05, 0.1) is 6.04 Å². The second-order valence-corrected chi connectivity index (χ2v) is 9.16. The number of hydrogen-bond donors (Lipinski definition) is 3. The van der Waals surface area contributed by atoms with Crippen molar-refractivity contribution in [2.24, 2.45) is 5.41 Å². The first-order valence-electron chi connectivity index (χ1n) is 10.6. The summed E-state index contributed by atoms with van der Waals surface area (Å²) in [5.74, 6) is -0.682. The van der Waals surface area contributed by atoms with E-state index in [4.69, 9.17) is 0 Å². The Morgan fingerprint density at radius 2 is 1.55 bits per heavy atom. The highest BCUT2D eigenvalue weighted by atomic mass is 16.4. The van der Waals surface area contributed by atoms with E-state index in [-0.39, 0.29) is 17.4 Å². The van der Waals surface area contributed by atoms with Crippen LogP contribution >= 0.6 is 0 Å². The summed E-state index contributed by atoms with van der Waals surface area (Å²) in [6.45, 7) is 12.1. The molecule has 0 saturated carbocycles. The summed E-state index contributed by atoms with van der Waals surface area (Å²) in [7, 11) is -1.60. The number of hydrogen-bond acceptors (Lipinski definition) is 4. The fourth-order valence-electron chi connectivity index (χ4n) is 3.71. The average Bonchev–Trinajstić information content (AvgIpc) is 2.68. The molecule has 0 spiro atoms. The minimum absolute atomic E-state index is 0.215. The number of rotatable bonds is 6. The van der Waals surface area contributed by atoms with Crippen LogP contribution in [0.3, 0.4) is 0 Å². The van der Waals surface area contributed by atoms with Crippen LogP contribution in [0.2, 0.25) is 0 Å². The first-order chi connectivity index (χ1) is 14.4. The van der Waals surface area contributed by atoms with Crippen molar-refractivity contribution in [3.05, 3.63) is 64.7 Å². The van der Waals surface area contributed by atoms with Gasteiger partial charge in [-0.25, -0.2) is 5.01 Å². The molecular formula is C24H33BN2O4. The normalized spacial score (nSPS) is 12.3. The van der Waals surface area contributed by atoms with E-state index in [2.05, 4.69) is 33.1 Å². The zero-order valence-corrected chi connectivity index (χ0v) is 19.3. The number of carbonyl (C=O) groups excluding carboxylic acids is 2. The van der Waals surface area contributed by atoms with Gasteiger partial charge in [-0.3, -0.25) is 15.0 Å². The highest BCUT2D eigenvalue weighted by Crippen LogP contribution is 2.28. The van der Waals surface area contributed by atoms with Crippen LogP contribution in [0.15, 0.2) is 42.5 Å². The standard InChI is InChI=1S/C24H33BN2O4/c1-7-8-21(24(4,5)6)27(23(29)19-14-16(2)13-17(3)15-19)26-22(28)18-9-11-20(12-10-18)25(30)31/h9-15,21,30-31H,7-8H2,1-6H3,(H,26,28). The monoisotopic (exact) mass is 424 g/mol. The predicted molar refractivity (Wildman–Crippen MR) is 124 cm³/mol. The molecular weight excluding hydrogens is 391 g/mol. The average molecular weight is 424 g/mol. The molecule has 2 amide bonds. The van der Waals surface area contributed by atoms with Crippen LogP contribution in [-0.4, -0.2) is 40.0 Å². The van der Waals surface area contributed by atoms with Gasteiger partial charge in [-0.2, -0.15) is 0 Å². The topological polar surface area (TPSA) is 89.9 Å². The Labute approximate surface area is 185 Å². The van der Waals surface area contributed by atoms with E-state index < -0.39 is 13.0 Å². The Balaban J connectivity index is 2.43. The minimum Gasteiger partial charge on any atom is -0.423 e. The molecule has 0 aliphatic heterocycles. The van der Waals surface area contributed by atoms with Gasteiger partial charge in [0.2, 0.25) is 0 Å². The summed E-state index contributed by atoms with van der Waals surface area (Å²) in [5.41, 5.74) is 5.68. The maximum absolute atomic E-state index is 13.6. The van der Waals surface area contributed by atoms with Crippen molar-refractivity contribution in [3.63, 3.8) is 0 Å². The lowest BCUT2D eigenvalue weighted by molar-refractivity contribution is 0.0271. The molecule has 0 fully saturated rings. The van der Waals surface area contributed by atoms with Crippen LogP contribution in [0.4, 0.5) is 0 Å². The van der Waals surface area contributed by atoms with Crippen molar-refractivity contribution in [3.8, 4) is 0 Å². The molecule has 0 aliphatic carbocycles. The third-order valence-electron chi connectivity index (χ3n) is 5.25. The maximum Gasteiger partial charge on any atom is 0.488 e. The second-order valence-electron chi connectivity index (χ2n) is 9.16. The lowest BCUT2D eigenvalue weighted by Crippen LogP contribution is -2.56. The van der Waals surface area contributed by atoms with Crippen LogP contribution in [-0.2, 0) is 0 Å². The lowest BCUT2D eigenvalue weighted by atomic mass is 9.80. The van der Waals surface area contributed by atoms with E-state index >= 15 is 0 Å². The molecule has 2 aromatic carbocycles. The second kappa shape index (κ2) is 10.1. The number of aryl methyl sites for hydroxylation is 2. The third kappa shape index (κ3) is 6.42. The number of benzene rings is 2. The fraction of sp³-hybridized carbons (Fsp3) is 0.417.